The summed E-state index contributed by atoms with van der Waals surface area (Å²) in [7, 11) is 0. The Morgan fingerprint density at radius 3 is 2.45 bits per heavy atom. The van der Waals surface area contributed by atoms with Crippen molar-refractivity contribution in [2.75, 3.05) is 13.2 Å². The van der Waals surface area contributed by atoms with E-state index in [2.05, 4.69) is 0 Å². The van der Waals surface area contributed by atoms with Crippen LogP contribution in [0.2, 0.25) is 5.02 Å². The maximum absolute atomic E-state index is 11.2. The van der Waals surface area contributed by atoms with Crippen molar-refractivity contribution in [3.05, 3.63) is 22.7 Å². The van der Waals surface area contributed by atoms with E-state index in [4.69, 9.17) is 21.1 Å². The number of carboxylic acids is 1. The van der Waals surface area contributed by atoms with Gasteiger partial charge in [0.1, 0.15) is 0 Å². The number of benzene rings is 1. The molecule has 1 unspecified atom stereocenters. The molecule has 22 heavy (non-hydrogen) atoms. The Morgan fingerprint density at radius 2 is 1.91 bits per heavy atom. The summed E-state index contributed by atoms with van der Waals surface area (Å²) >= 11 is 6.42. The second-order valence-electron chi connectivity index (χ2n) is 6.94. The number of carbonyl (C=O) groups is 1. The molecule has 1 aromatic rings. The summed E-state index contributed by atoms with van der Waals surface area (Å²) < 4.78 is 11.8. The fourth-order valence-electron chi connectivity index (χ4n) is 3.25. The monoisotopic (exact) mass is 322 g/mol. The Balaban J connectivity index is 1.65. The van der Waals surface area contributed by atoms with Crippen molar-refractivity contribution in [3.8, 4) is 11.5 Å². The summed E-state index contributed by atoms with van der Waals surface area (Å²) in [4.78, 5) is 11.2. The molecule has 0 saturated heterocycles. The molecule has 2 saturated carbocycles. The van der Waals surface area contributed by atoms with Crippen LogP contribution in [0.3, 0.4) is 0 Å². The van der Waals surface area contributed by atoms with Crippen molar-refractivity contribution in [3.63, 3.8) is 0 Å². The first-order valence-electron chi connectivity index (χ1n) is 7.87. The van der Waals surface area contributed by atoms with Crippen molar-refractivity contribution < 1.29 is 19.4 Å². The summed E-state index contributed by atoms with van der Waals surface area (Å²) in [5, 5.41) is 9.76. The molecule has 2 fully saturated rings. The highest BCUT2D eigenvalue weighted by Gasteiger charge is 2.46. The van der Waals surface area contributed by atoms with Gasteiger partial charge in [0, 0.05) is 16.5 Å². The lowest BCUT2D eigenvalue weighted by molar-refractivity contribution is -0.137. The Morgan fingerprint density at radius 1 is 1.27 bits per heavy atom. The predicted molar refractivity (Wildman–Crippen MR) is 81.8 cm³/mol. The van der Waals surface area contributed by atoms with Crippen LogP contribution in [0, 0.1) is 11.3 Å². The predicted octanol–water partition coefficient (Wildman–Crippen LogP) is 3.86. The third kappa shape index (κ3) is 2.65. The Bertz CT molecular complexity index is 619. The molecule has 0 aromatic heterocycles. The number of hydrogen-bond donors (Lipinski definition) is 1. The van der Waals surface area contributed by atoms with Crippen LogP contribution >= 0.6 is 11.6 Å². The van der Waals surface area contributed by atoms with Gasteiger partial charge in [-0.2, -0.15) is 0 Å². The molecule has 4 nitrogen and oxygen atoms in total. The second-order valence-corrected chi connectivity index (χ2v) is 7.35. The molecule has 2 aliphatic carbocycles. The first kappa shape index (κ1) is 14.2. The molecule has 5 heteroatoms. The molecule has 1 N–H and O–H groups in total. The largest absolute Gasteiger partial charge is 0.489 e. The van der Waals surface area contributed by atoms with E-state index < -0.39 is 5.97 Å². The number of halogens is 1. The molecule has 1 aliphatic heterocycles. The van der Waals surface area contributed by atoms with Gasteiger partial charge in [-0.3, -0.25) is 4.79 Å². The minimum atomic E-state index is -0.781. The van der Waals surface area contributed by atoms with Crippen molar-refractivity contribution >= 4 is 17.6 Å². The fraction of sp³-hybridized carbons (Fsp3) is 0.588. The Hall–Kier alpha value is -1.42. The zero-order valence-electron chi connectivity index (χ0n) is 12.3. The van der Waals surface area contributed by atoms with Gasteiger partial charge in [0.2, 0.25) is 0 Å². The minimum absolute atomic E-state index is 0.0305. The molecule has 0 radical (unpaired) electrons. The van der Waals surface area contributed by atoms with Gasteiger partial charge in [0.05, 0.1) is 19.6 Å². The van der Waals surface area contributed by atoms with Gasteiger partial charge >= 0.3 is 5.97 Å². The molecule has 3 aliphatic rings. The van der Waals surface area contributed by atoms with Gasteiger partial charge in [0.15, 0.2) is 11.5 Å². The smallest absolute Gasteiger partial charge is 0.303 e. The third-order valence-corrected chi connectivity index (χ3v) is 5.40. The van der Waals surface area contributed by atoms with Crippen LogP contribution in [-0.2, 0) is 4.79 Å². The molecular weight excluding hydrogens is 304 g/mol. The number of rotatable bonds is 4. The summed E-state index contributed by atoms with van der Waals surface area (Å²) in [5.41, 5.74) is 1.07. The highest BCUT2D eigenvalue weighted by molar-refractivity contribution is 6.31. The highest BCUT2D eigenvalue weighted by atomic mass is 35.5. The first-order chi connectivity index (χ1) is 10.6. The van der Waals surface area contributed by atoms with Crippen LogP contribution < -0.4 is 9.47 Å². The maximum Gasteiger partial charge on any atom is 0.303 e. The summed E-state index contributed by atoms with van der Waals surface area (Å²) in [6.45, 7) is 1.35. The van der Waals surface area contributed by atoms with Gasteiger partial charge in [-0.25, -0.2) is 0 Å². The van der Waals surface area contributed by atoms with E-state index in [9.17, 15) is 9.90 Å². The molecule has 118 valence electrons. The van der Waals surface area contributed by atoms with Crippen molar-refractivity contribution in [2.24, 2.45) is 11.3 Å². The zero-order chi connectivity index (χ0) is 15.3. The van der Waals surface area contributed by atoms with Gasteiger partial charge in [-0.15, -0.1) is 0 Å². The van der Waals surface area contributed by atoms with E-state index >= 15 is 0 Å². The van der Waals surface area contributed by atoms with Crippen molar-refractivity contribution in [2.45, 2.75) is 38.0 Å². The van der Waals surface area contributed by atoms with Crippen molar-refractivity contribution in [1.29, 1.82) is 0 Å². The van der Waals surface area contributed by atoms with Crippen LogP contribution in [-0.4, -0.2) is 24.3 Å². The van der Waals surface area contributed by atoms with Gasteiger partial charge in [-0.05, 0) is 49.1 Å². The fourth-order valence-corrected chi connectivity index (χ4v) is 3.54. The standard InChI is InChI=1S/C17H19ClO4/c18-13-7-15-14(21-8-17(3-4-17)9-22-15)5-12(13)11(6-16(19)20)10-1-2-10/h5,7,10-11H,1-4,6,8-9H2,(H,19,20). The molecule has 1 atom stereocenters. The van der Waals surface area contributed by atoms with Gasteiger partial charge < -0.3 is 14.6 Å². The average molecular weight is 323 g/mol. The zero-order valence-corrected chi connectivity index (χ0v) is 13.1. The summed E-state index contributed by atoms with van der Waals surface area (Å²) in [6.07, 6.45) is 4.56. The lowest BCUT2D eigenvalue weighted by Crippen LogP contribution is -2.17. The summed E-state index contributed by atoms with van der Waals surface area (Å²) in [5.74, 6) is 1.00. The molecular formula is C17H19ClO4. The van der Waals surface area contributed by atoms with Crippen LogP contribution in [0.15, 0.2) is 12.1 Å². The topological polar surface area (TPSA) is 55.8 Å². The molecule has 1 aromatic carbocycles. The quantitative estimate of drug-likeness (QED) is 0.914. The molecule has 0 amide bonds. The summed E-state index contributed by atoms with van der Waals surface area (Å²) in [6, 6.07) is 3.70. The Kier molecular flexibility index (Phi) is 3.26. The van der Waals surface area contributed by atoms with Crippen LogP contribution in [0.4, 0.5) is 0 Å². The Labute approximate surface area is 134 Å². The number of fused-ring (bicyclic) bond motifs is 1. The van der Waals surface area contributed by atoms with E-state index in [0.717, 1.165) is 31.2 Å². The normalized spacial score (nSPS) is 23.0. The first-order valence-corrected chi connectivity index (χ1v) is 8.25. The van der Waals surface area contributed by atoms with E-state index in [-0.39, 0.29) is 17.8 Å². The maximum atomic E-state index is 11.2. The third-order valence-electron chi connectivity index (χ3n) is 5.07. The van der Waals surface area contributed by atoms with Gasteiger partial charge in [-0.1, -0.05) is 11.6 Å². The van der Waals surface area contributed by atoms with Crippen LogP contribution in [0.5, 0.6) is 11.5 Å². The highest BCUT2D eigenvalue weighted by Crippen LogP contribution is 2.52. The lowest BCUT2D eigenvalue weighted by Gasteiger charge is -2.18. The molecule has 1 spiro atoms. The number of aliphatic carboxylic acids is 1. The molecule has 4 rings (SSSR count). The molecule has 1 heterocycles. The van der Waals surface area contributed by atoms with Crippen LogP contribution in [0.1, 0.15) is 43.6 Å². The van der Waals surface area contributed by atoms with E-state index in [1.807, 2.05) is 6.07 Å². The lowest BCUT2D eigenvalue weighted by atomic mass is 9.90. The SMILES string of the molecule is O=C(O)CC(c1cc2c(cc1Cl)OCC1(CC1)CO2)C1CC1. The van der Waals surface area contributed by atoms with Crippen molar-refractivity contribution in [1.82, 2.24) is 0 Å². The number of hydrogen-bond acceptors (Lipinski definition) is 3. The van der Waals surface area contributed by atoms with Crippen LogP contribution in [0.25, 0.3) is 0 Å². The van der Waals surface area contributed by atoms with Gasteiger partial charge in [0.25, 0.3) is 0 Å². The van der Waals surface area contributed by atoms with E-state index in [1.165, 1.54) is 0 Å². The van der Waals surface area contributed by atoms with E-state index in [1.54, 1.807) is 6.07 Å². The average Bonchev–Trinajstić information content (AvgIpc) is 3.36. The molecule has 0 bridgehead atoms. The minimum Gasteiger partial charge on any atom is -0.489 e. The number of ether oxygens (including phenoxy) is 2. The second kappa shape index (κ2) is 5.05. The van der Waals surface area contributed by atoms with E-state index in [0.29, 0.717) is 35.7 Å². The number of carboxylic acid groups (broad SMARTS) is 1.